The molecule has 144 valence electrons. The van der Waals surface area contributed by atoms with E-state index in [0.717, 1.165) is 9.96 Å². The van der Waals surface area contributed by atoms with E-state index in [1.54, 1.807) is 13.0 Å². The Morgan fingerprint density at radius 1 is 1.28 bits per heavy atom. The third kappa shape index (κ3) is 3.09. The smallest absolute Gasteiger partial charge is 0.376 e. The molecule has 8 nitrogen and oxygen atoms in total. The lowest BCUT2D eigenvalue weighted by atomic mass is 10.2. The number of carbonyl (C=O) groups is 1. The first-order valence-electron chi connectivity index (χ1n) is 8.79. The van der Waals surface area contributed by atoms with Gasteiger partial charge in [-0.3, -0.25) is 4.79 Å². The molecule has 0 fully saturated rings. The molecule has 0 amide bonds. The number of ether oxygens (including phenoxy) is 1. The molecule has 0 unspecified atom stereocenters. The fraction of sp³-hybridized carbons (Fsp3) is 0.150. The molecule has 0 N–H and O–H groups in total. The standard InChI is InChI=1S/C20H15N5O3S/c1-3-28-19(27)17-23-25(13-8-6-12(2)7-9-13)20-22-16(15-5-4-10-29-15)14(11-21)18(26)24(17)20/h4-10H,3H2,1-2H3. The van der Waals surface area contributed by atoms with E-state index in [1.807, 2.05) is 48.7 Å². The number of fused-ring (bicyclic) bond motifs is 1. The van der Waals surface area contributed by atoms with Crippen LogP contribution in [0, 0.1) is 18.3 Å². The molecule has 4 rings (SSSR count). The second-order valence-electron chi connectivity index (χ2n) is 6.16. The fourth-order valence-electron chi connectivity index (χ4n) is 2.91. The van der Waals surface area contributed by atoms with Crippen molar-refractivity contribution in [1.29, 1.82) is 5.26 Å². The van der Waals surface area contributed by atoms with Gasteiger partial charge in [0.1, 0.15) is 17.3 Å². The third-order valence-electron chi connectivity index (χ3n) is 4.26. The van der Waals surface area contributed by atoms with E-state index >= 15 is 0 Å². The molecule has 0 atom stereocenters. The number of hydrogen-bond donors (Lipinski definition) is 0. The van der Waals surface area contributed by atoms with Gasteiger partial charge in [-0.05, 0) is 37.4 Å². The molecule has 0 radical (unpaired) electrons. The van der Waals surface area contributed by atoms with Gasteiger partial charge in [-0.15, -0.1) is 16.4 Å². The minimum atomic E-state index is -0.764. The molecule has 0 saturated heterocycles. The maximum atomic E-state index is 13.1. The quantitative estimate of drug-likeness (QED) is 0.484. The summed E-state index contributed by atoms with van der Waals surface area (Å²) in [5, 5.41) is 15.7. The Morgan fingerprint density at radius 3 is 2.66 bits per heavy atom. The zero-order chi connectivity index (χ0) is 20.5. The van der Waals surface area contributed by atoms with Gasteiger partial charge in [0.25, 0.3) is 5.56 Å². The van der Waals surface area contributed by atoms with E-state index in [0.29, 0.717) is 10.6 Å². The summed E-state index contributed by atoms with van der Waals surface area (Å²) in [5.41, 5.74) is 1.11. The number of aromatic nitrogens is 4. The summed E-state index contributed by atoms with van der Waals surface area (Å²) < 4.78 is 7.50. The summed E-state index contributed by atoms with van der Waals surface area (Å²) >= 11 is 1.36. The van der Waals surface area contributed by atoms with Crippen LogP contribution in [0.15, 0.2) is 46.6 Å². The van der Waals surface area contributed by atoms with Crippen LogP contribution in [-0.2, 0) is 4.74 Å². The Labute approximate surface area is 169 Å². The molecular weight excluding hydrogens is 390 g/mol. The molecule has 0 aliphatic carbocycles. The summed E-state index contributed by atoms with van der Waals surface area (Å²) in [6.07, 6.45) is 0. The number of aryl methyl sites for hydroxylation is 1. The summed E-state index contributed by atoms with van der Waals surface area (Å²) in [6.45, 7) is 3.73. The van der Waals surface area contributed by atoms with Crippen molar-refractivity contribution < 1.29 is 9.53 Å². The Morgan fingerprint density at radius 2 is 2.03 bits per heavy atom. The zero-order valence-corrected chi connectivity index (χ0v) is 16.4. The van der Waals surface area contributed by atoms with Gasteiger partial charge in [0.05, 0.1) is 17.2 Å². The van der Waals surface area contributed by atoms with Gasteiger partial charge >= 0.3 is 5.97 Å². The molecule has 9 heteroatoms. The van der Waals surface area contributed by atoms with Crippen molar-refractivity contribution >= 4 is 23.1 Å². The highest BCUT2D eigenvalue weighted by Gasteiger charge is 2.26. The monoisotopic (exact) mass is 405 g/mol. The molecule has 4 aromatic rings. The number of rotatable bonds is 4. The summed E-state index contributed by atoms with van der Waals surface area (Å²) in [6, 6.07) is 12.9. The van der Waals surface area contributed by atoms with Crippen molar-refractivity contribution in [2.75, 3.05) is 6.61 Å². The van der Waals surface area contributed by atoms with Crippen molar-refractivity contribution in [2.45, 2.75) is 13.8 Å². The third-order valence-corrected chi connectivity index (χ3v) is 5.14. The van der Waals surface area contributed by atoms with Crippen molar-refractivity contribution in [1.82, 2.24) is 19.2 Å². The van der Waals surface area contributed by atoms with Crippen LogP contribution in [0.2, 0.25) is 0 Å². The number of esters is 1. The molecule has 3 heterocycles. The van der Waals surface area contributed by atoms with Crippen molar-refractivity contribution in [3.05, 3.63) is 69.1 Å². The van der Waals surface area contributed by atoms with Gasteiger partial charge in [0.2, 0.25) is 11.6 Å². The lowest BCUT2D eigenvalue weighted by molar-refractivity contribution is 0.0509. The second-order valence-corrected chi connectivity index (χ2v) is 7.10. The number of benzene rings is 1. The lowest BCUT2D eigenvalue weighted by Crippen LogP contribution is -2.23. The average Bonchev–Trinajstić information content (AvgIpc) is 3.37. The van der Waals surface area contributed by atoms with Crippen LogP contribution in [0.3, 0.4) is 0 Å². The minimum absolute atomic E-state index is 0.123. The van der Waals surface area contributed by atoms with E-state index in [2.05, 4.69) is 10.1 Å². The van der Waals surface area contributed by atoms with Gasteiger partial charge in [0.15, 0.2) is 0 Å². The van der Waals surface area contributed by atoms with Crippen LogP contribution < -0.4 is 5.56 Å². The predicted octanol–water partition coefficient (Wildman–Crippen LogP) is 2.97. The first-order valence-corrected chi connectivity index (χ1v) is 9.67. The van der Waals surface area contributed by atoms with E-state index in [-0.39, 0.29) is 29.5 Å². The normalized spacial score (nSPS) is 10.8. The first-order chi connectivity index (χ1) is 14.0. The average molecular weight is 405 g/mol. The number of thiophene rings is 1. The molecule has 0 spiro atoms. The molecule has 0 aliphatic heterocycles. The van der Waals surface area contributed by atoms with Gasteiger partial charge in [-0.1, -0.05) is 23.8 Å². The van der Waals surface area contributed by atoms with Crippen molar-refractivity contribution in [3.63, 3.8) is 0 Å². The fourth-order valence-corrected chi connectivity index (χ4v) is 3.63. The number of hydrogen-bond acceptors (Lipinski definition) is 7. The summed E-state index contributed by atoms with van der Waals surface area (Å²) in [5.74, 6) is -0.863. The van der Waals surface area contributed by atoms with E-state index in [1.165, 1.54) is 16.0 Å². The highest BCUT2D eigenvalue weighted by atomic mass is 32.1. The van der Waals surface area contributed by atoms with Gasteiger partial charge in [-0.2, -0.15) is 9.94 Å². The van der Waals surface area contributed by atoms with Crippen molar-refractivity contribution in [2.24, 2.45) is 0 Å². The van der Waals surface area contributed by atoms with Gasteiger partial charge in [-0.25, -0.2) is 14.2 Å². The van der Waals surface area contributed by atoms with Crippen molar-refractivity contribution in [3.8, 4) is 22.3 Å². The maximum Gasteiger partial charge on any atom is 0.376 e. The van der Waals surface area contributed by atoms with E-state index in [4.69, 9.17) is 4.74 Å². The highest BCUT2D eigenvalue weighted by Crippen LogP contribution is 2.26. The van der Waals surface area contributed by atoms with E-state index in [9.17, 15) is 14.9 Å². The molecular formula is C20H15N5O3S. The molecule has 0 aliphatic rings. The molecule has 0 saturated carbocycles. The first kappa shape index (κ1) is 18.6. The van der Waals surface area contributed by atoms with E-state index < -0.39 is 11.5 Å². The topological polar surface area (TPSA) is 102 Å². The minimum Gasteiger partial charge on any atom is -0.460 e. The summed E-state index contributed by atoms with van der Waals surface area (Å²) in [4.78, 5) is 30.8. The van der Waals surface area contributed by atoms with Crippen LogP contribution in [0.1, 0.15) is 28.7 Å². The number of nitriles is 1. The highest BCUT2D eigenvalue weighted by molar-refractivity contribution is 7.13. The van der Waals surface area contributed by atoms with Crippen LogP contribution in [0.4, 0.5) is 0 Å². The second kappa shape index (κ2) is 7.33. The van der Waals surface area contributed by atoms with Crippen LogP contribution in [0.5, 0.6) is 0 Å². The van der Waals surface area contributed by atoms with Crippen LogP contribution in [0.25, 0.3) is 22.0 Å². The Kier molecular flexibility index (Phi) is 4.70. The Hall–Kier alpha value is -3.77. The zero-order valence-electron chi connectivity index (χ0n) is 15.6. The number of nitrogens with zero attached hydrogens (tertiary/aromatic N) is 5. The van der Waals surface area contributed by atoms with Crippen LogP contribution >= 0.6 is 11.3 Å². The largest absolute Gasteiger partial charge is 0.460 e. The van der Waals surface area contributed by atoms with Gasteiger partial charge in [0, 0.05) is 0 Å². The van der Waals surface area contributed by atoms with Crippen LogP contribution in [-0.4, -0.2) is 31.7 Å². The molecule has 0 bridgehead atoms. The number of carbonyl (C=O) groups excluding carboxylic acids is 1. The molecule has 3 aromatic heterocycles. The Balaban J connectivity index is 2.11. The molecule has 29 heavy (non-hydrogen) atoms. The summed E-state index contributed by atoms with van der Waals surface area (Å²) in [7, 11) is 0. The predicted molar refractivity (Wildman–Crippen MR) is 107 cm³/mol. The maximum absolute atomic E-state index is 13.1. The molecule has 1 aromatic carbocycles. The lowest BCUT2D eigenvalue weighted by Gasteiger charge is -2.05. The SMILES string of the molecule is CCOC(=O)c1nn(-c2ccc(C)cc2)c2nc(-c3cccs3)c(C#N)c(=O)n12. The Bertz CT molecular complexity index is 1310. The van der Waals surface area contributed by atoms with Gasteiger partial charge < -0.3 is 4.74 Å².